The van der Waals surface area contributed by atoms with E-state index in [-0.39, 0.29) is 22.3 Å². The molecule has 0 heterocycles. The van der Waals surface area contributed by atoms with Crippen molar-refractivity contribution in [1.82, 2.24) is 0 Å². The Morgan fingerprint density at radius 1 is 0.655 bits per heavy atom. The minimum absolute atomic E-state index is 0.128. The summed E-state index contributed by atoms with van der Waals surface area (Å²) in [5.41, 5.74) is -2.60. The highest BCUT2D eigenvalue weighted by atomic mass is 16.5. The Labute approximate surface area is 167 Å². The van der Waals surface area contributed by atoms with Crippen molar-refractivity contribution in [3.05, 3.63) is 70.8 Å². The van der Waals surface area contributed by atoms with Crippen LogP contribution < -0.4 is 0 Å². The average Bonchev–Trinajstić information content (AvgIpc) is 2.78. The van der Waals surface area contributed by atoms with E-state index in [1.165, 1.54) is 30.3 Å². The molecule has 2 aromatic rings. The lowest BCUT2D eigenvalue weighted by Gasteiger charge is -2.31. The van der Waals surface area contributed by atoms with E-state index in [0.29, 0.717) is 0 Å². The normalized spacial score (nSPS) is 10.6. The maximum atomic E-state index is 13.1. The Kier molecular flexibility index (Phi) is 6.71. The first-order valence-electron chi connectivity index (χ1n) is 8.42. The summed E-state index contributed by atoms with van der Waals surface area (Å²) >= 11 is 0. The number of carbonyl (C=O) groups excluding carboxylic acids is 4. The third kappa shape index (κ3) is 3.56. The van der Waals surface area contributed by atoms with Gasteiger partial charge >= 0.3 is 23.9 Å². The van der Waals surface area contributed by atoms with Gasteiger partial charge in [-0.15, -0.1) is 0 Å². The SMILES string of the molecule is COC(=O)c1cccc(C(C(=O)OC)(C(=O)OC)c2ccccc2)c1C(=O)OC. The number of rotatable bonds is 6. The molecule has 0 spiro atoms. The molecule has 0 radical (unpaired) electrons. The van der Waals surface area contributed by atoms with Crippen molar-refractivity contribution in [2.45, 2.75) is 5.41 Å². The van der Waals surface area contributed by atoms with Crippen LogP contribution in [0.15, 0.2) is 48.5 Å². The van der Waals surface area contributed by atoms with E-state index in [0.717, 1.165) is 28.4 Å². The Balaban J connectivity index is 3.06. The molecule has 0 unspecified atom stereocenters. The molecule has 0 aromatic heterocycles. The van der Waals surface area contributed by atoms with Crippen molar-refractivity contribution < 1.29 is 38.1 Å². The van der Waals surface area contributed by atoms with Gasteiger partial charge in [0, 0.05) is 5.56 Å². The van der Waals surface area contributed by atoms with Crippen LogP contribution in [0.3, 0.4) is 0 Å². The quantitative estimate of drug-likeness (QED) is 0.411. The van der Waals surface area contributed by atoms with Crippen LogP contribution in [0.2, 0.25) is 0 Å². The summed E-state index contributed by atoms with van der Waals surface area (Å²) in [5, 5.41) is 0. The van der Waals surface area contributed by atoms with E-state index in [2.05, 4.69) is 0 Å². The molecule has 0 atom stereocenters. The molecule has 0 saturated carbocycles. The summed E-state index contributed by atoms with van der Waals surface area (Å²) in [6, 6.07) is 12.0. The zero-order valence-electron chi connectivity index (χ0n) is 16.4. The van der Waals surface area contributed by atoms with E-state index in [1.807, 2.05) is 0 Å². The van der Waals surface area contributed by atoms with Crippen LogP contribution in [-0.2, 0) is 34.0 Å². The van der Waals surface area contributed by atoms with Gasteiger partial charge in [-0.05, 0) is 11.6 Å². The smallest absolute Gasteiger partial charge is 0.339 e. The Bertz CT molecular complexity index is 917. The summed E-state index contributed by atoms with van der Waals surface area (Å²) < 4.78 is 19.4. The Morgan fingerprint density at radius 3 is 1.69 bits per heavy atom. The fourth-order valence-corrected chi connectivity index (χ4v) is 3.16. The fraction of sp³-hybridized carbons (Fsp3) is 0.238. The summed E-state index contributed by atoms with van der Waals surface area (Å²) in [5.74, 6) is -3.77. The Hall–Kier alpha value is -3.68. The number of carbonyl (C=O) groups is 4. The molecule has 8 nitrogen and oxygen atoms in total. The van der Waals surface area contributed by atoms with Crippen LogP contribution in [0.1, 0.15) is 31.8 Å². The lowest BCUT2D eigenvalue weighted by atomic mass is 9.71. The number of benzene rings is 2. The number of hydrogen-bond donors (Lipinski definition) is 0. The van der Waals surface area contributed by atoms with Crippen molar-refractivity contribution in [2.75, 3.05) is 28.4 Å². The standard InChI is InChI=1S/C21H20O8/c1-26-17(22)14-11-8-12-15(16(14)18(23)27-2)21(19(24)28-3,20(25)29-4)13-9-6-5-7-10-13/h5-12H,1-4H3. The molecular weight excluding hydrogens is 380 g/mol. The van der Waals surface area contributed by atoms with Gasteiger partial charge in [-0.3, -0.25) is 9.59 Å². The van der Waals surface area contributed by atoms with Crippen LogP contribution in [0.25, 0.3) is 0 Å². The molecule has 8 heteroatoms. The van der Waals surface area contributed by atoms with Gasteiger partial charge in [-0.1, -0.05) is 42.5 Å². The monoisotopic (exact) mass is 400 g/mol. The average molecular weight is 400 g/mol. The van der Waals surface area contributed by atoms with Gasteiger partial charge in [0.25, 0.3) is 0 Å². The first kappa shape index (κ1) is 21.6. The maximum absolute atomic E-state index is 13.1. The number of methoxy groups -OCH3 is 4. The molecule has 0 saturated heterocycles. The van der Waals surface area contributed by atoms with Gasteiger partial charge < -0.3 is 18.9 Å². The highest BCUT2D eigenvalue weighted by Gasteiger charge is 2.54. The van der Waals surface area contributed by atoms with Crippen molar-refractivity contribution in [1.29, 1.82) is 0 Å². The summed E-state index contributed by atoms with van der Waals surface area (Å²) in [6.07, 6.45) is 0. The topological polar surface area (TPSA) is 105 Å². The summed E-state index contributed by atoms with van der Waals surface area (Å²) in [7, 11) is 4.46. The van der Waals surface area contributed by atoms with Crippen LogP contribution >= 0.6 is 0 Å². The fourth-order valence-electron chi connectivity index (χ4n) is 3.16. The first-order valence-corrected chi connectivity index (χ1v) is 8.42. The van der Waals surface area contributed by atoms with Crippen molar-refractivity contribution >= 4 is 23.9 Å². The van der Waals surface area contributed by atoms with Crippen molar-refractivity contribution in [3.8, 4) is 0 Å². The third-order valence-electron chi connectivity index (χ3n) is 4.45. The van der Waals surface area contributed by atoms with Gasteiger partial charge in [0.1, 0.15) is 0 Å². The molecule has 0 fully saturated rings. The second-order valence-electron chi connectivity index (χ2n) is 5.81. The highest BCUT2D eigenvalue weighted by Crippen LogP contribution is 2.38. The second-order valence-corrected chi connectivity index (χ2v) is 5.81. The minimum Gasteiger partial charge on any atom is -0.468 e. The van der Waals surface area contributed by atoms with Gasteiger partial charge in [0.05, 0.1) is 39.6 Å². The zero-order valence-corrected chi connectivity index (χ0v) is 16.4. The molecule has 0 bridgehead atoms. The first-order chi connectivity index (χ1) is 13.9. The van der Waals surface area contributed by atoms with E-state index in [9.17, 15) is 19.2 Å². The van der Waals surface area contributed by atoms with Gasteiger partial charge in [0.2, 0.25) is 5.41 Å². The van der Waals surface area contributed by atoms with Gasteiger partial charge in [0.15, 0.2) is 0 Å². The lowest BCUT2D eigenvalue weighted by Crippen LogP contribution is -2.47. The van der Waals surface area contributed by atoms with Gasteiger partial charge in [-0.25, -0.2) is 9.59 Å². The van der Waals surface area contributed by atoms with E-state index < -0.39 is 29.3 Å². The highest BCUT2D eigenvalue weighted by molar-refractivity contribution is 6.14. The number of hydrogen-bond acceptors (Lipinski definition) is 8. The van der Waals surface area contributed by atoms with Gasteiger partial charge in [-0.2, -0.15) is 0 Å². The minimum atomic E-state index is -2.18. The maximum Gasteiger partial charge on any atom is 0.339 e. The van der Waals surface area contributed by atoms with E-state index in [4.69, 9.17) is 18.9 Å². The van der Waals surface area contributed by atoms with Crippen LogP contribution in [0.4, 0.5) is 0 Å². The van der Waals surface area contributed by atoms with Crippen LogP contribution in [0, 0.1) is 0 Å². The lowest BCUT2D eigenvalue weighted by molar-refractivity contribution is -0.159. The molecule has 0 N–H and O–H groups in total. The molecule has 2 aromatic carbocycles. The predicted octanol–water partition coefficient (Wildman–Crippen LogP) is 1.89. The molecule has 0 aliphatic heterocycles. The van der Waals surface area contributed by atoms with Crippen LogP contribution in [0.5, 0.6) is 0 Å². The molecule has 152 valence electrons. The zero-order chi connectivity index (χ0) is 21.6. The summed E-state index contributed by atoms with van der Waals surface area (Å²) in [4.78, 5) is 51.0. The molecular formula is C21H20O8. The second kappa shape index (κ2) is 9.01. The largest absolute Gasteiger partial charge is 0.468 e. The van der Waals surface area contributed by atoms with Crippen molar-refractivity contribution in [2.24, 2.45) is 0 Å². The molecule has 2 rings (SSSR count). The summed E-state index contributed by atoms with van der Waals surface area (Å²) in [6.45, 7) is 0. The Morgan fingerprint density at radius 2 is 1.21 bits per heavy atom. The number of esters is 4. The molecule has 0 aliphatic carbocycles. The predicted molar refractivity (Wildman–Crippen MR) is 100 cm³/mol. The molecule has 0 amide bonds. The van der Waals surface area contributed by atoms with E-state index in [1.54, 1.807) is 18.2 Å². The molecule has 29 heavy (non-hydrogen) atoms. The molecule has 0 aliphatic rings. The number of ether oxygens (including phenoxy) is 4. The third-order valence-corrected chi connectivity index (χ3v) is 4.45. The van der Waals surface area contributed by atoms with Crippen molar-refractivity contribution in [3.63, 3.8) is 0 Å². The van der Waals surface area contributed by atoms with Crippen LogP contribution in [-0.4, -0.2) is 52.3 Å². The van der Waals surface area contributed by atoms with E-state index >= 15 is 0 Å².